The Morgan fingerprint density at radius 3 is 2.59 bits per heavy atom. The fourth-order valence-corrected chi connectivity index (χ4v) is 4.02. The Morgan fingerprint density at radius 2 is 1.91 bits per heavy atom. The summed E-state index contributed by atoms with van der Waals surface area (Å²) in [5.41, 5.74) is 2.89. The van der Waals surface area contributed by atoms with Gasteiger partial charge in [0.15, 0.2) is 0 Å². The van der Waals surface area contributed by atoms with Gasteiger partial charge in [-0.25, -0.2) is 0 Å². The van der Waals surface area contributed by atoms with Crippen LogP contribution < -0.4 is 14.8 Å². The minimum Gasteiger partial charge on any atom is -0.506 e. The fraction of sp³-hybridized carbons (Fsp3) is 0.174. The van der Waals surface area contributed by atoms with Crippen molar-refractivity contribution in [2.75, 3.05) is 19.5 Å². The summed E-state index contributed by atoms with van der Waals surface area (Å²) >= 11 is 0. The van der Waals surface area contributed by atoms with Crippen molar-refractivity contribution in [2.24, 2.45) is 0 Å². The van der Waals surface area contributed by atoms with Gasteiger partial charge >= 0.3 is 5.97 Å². The Hall–Kier alpha value is -4.27. The van der Waals surface area contributed by atoms with Crippen LogP contribution in [0.2, 0.25) is 0 Å². The van der Waals surface area contributed by atoms with Crippen LogP contribution in [-0.4, -0.2) is 46.4 Å². The number of rotatable bonds is 8. The molecule has 9 nitrogen and oxygen atoms in total. The van der Waals surface area contributed by atoms with Gasteiger partial charge in [0.05, 0.1) is 61.7 Å². The van der Waals surface area contributed by atoms with Crippen LogP contribution in [0.25, 0.3) is 21.8 Å². The summed E-state index contributed by atoms with van der Waals surface area (Å²) in [6, 6.07) is 8.89. The molecule has 0 aliphatic heterocycles. The number of aliphatic carboxylic acids is 1. The maximum absolute atomic E-state index is 11.4. The second kappa shape index (κ2) is 8.46. The molecule has 0 unspecified atom stereocenters. The smallest absolute Gasteiger partial charge is 0.307 e. The molecule has 0 saturated carbocycles. The zero-order valence-electron chi connectivity index (χ0n) is 17.5. The van der Waals surface area contributed by atoms with Gasteiger partial charge in [0.2, 0.25) is 6.41 Å². The van der Waals surface area contributed by atoms with E-state index in [0.717, 1.165) is 5.56 Å². The third kappa shape index (κ3) is 3.53. The van der Waals surface area contributed by atoms with Gasteiger partial charge in [-0.3, -0.25) is 14.6 Å². The molecule has 0 saturated heterocycles. The van der Waals surface area contributed by atoms with Crippen molar-refractivity contribution in [3.8, 4) is 17.2 Å². The molecule has 0 atom stereocenters. The molecule has 1 amide bonds. The summed E-state index contributed by atoms with van der Waals surface area (Å²) in [7, 11) is 3.16. The molecule has 9 heteroatoms. The van der Waals surface area contributed by atoms with E-state index in [1.807, 2.05) is 16.7 Å². The Labute approximate surface area is 182 Å². The number of benzene rings is 2. The zero-order chi connectivity index (χ0) is 22.8. The van der Waals surface area contributed by atoms with E-state index in [2.05, 4.69) is 10.3 Å². The first-order chi connectivity index (χ1) is 15.5. The number of carbonyl (C=O) groups is 2. The molecule has 32 heavy (non-hydrogen) atoms. The summed E-state index contributed by atoms with van der Waals surface area (Å²) in [5, 5.41) is 23.6. The van der Waals surface area contributed by atoms with Crippen LogP contribution in [-0.2, 0) is 22.6 Å². The van der Waals surface area contributed by atoms with Gasteiger partial charge in [-0.15, -0.1) is 0 Å². The van der Waals surface area contributed by atoms with Gasteiger partial charge in [0.25, 0.3) is 0 Å². The number of methoxy groups -OCH3 is 2. The normalized spacial score (nSPS) is 10.9. The number of anilines is 1. The van der Waals surface area contributed by atoms with Crippen molar-refractivity contribution in [1.82, 2.24) is 9.55 Å². The number of aromatic hydroxyl groups is 1. The average Bonchev–Trinajstić information content (AvgIpc) is 3.10. The molecule has 2 aromatic heterocycles. The van der Waals surface area contributed by atoms with Crippen LogP contribution in [0.3, 0.4) is 0 Å². The molecule has 0 bridgehead atoms. The largest absolute Gasteiger partial charge is 0.506 e. The molecule has 0 aliphatic rings. The lowest BCUT2D eigenvalue weighted by Gasteiger charge is -2.14. The maximum atomic E-state index is 11.4. The number of nitrogens with one attached hydrogen (secondary N) is 1. The van der Waals surface area contributed by atoms with Crippen LogP contribution in [0.15, 0.2) is 42.7 Å². The van der Waals surface area contributed by atoms with Crippen LogP contribution >= 0.6 is 0 Å². The third-order valence-corrected chi connectivity index (χ3v) is 5.37. The second-order valence-electron chi connectivity index (χ2n) is 7.14. The summed E-state index contributed by atoms with van der Waals surface area (Å²) in [6.45, 7) is 0.352. The average molecular weight is 435 g/mol. The monoisotopic (exact) mass is 435 g/mol. The molecular formula is C23H21N3O6. The molecule has 0 fully saturated rings. The number of hydrogen-bond acceptors (Lipinski definition) is 6. The number of carboxylic acid groups (broad SMARTS) is 1. The number of carbonyl (C=O) groups excluding carboxylic acids is 1. The number of aromatic nitrogens is 2. The molecule has 4 aromatic rings. The predicted molar refractivity (Wildman–Crippen MR) is 119 cm³/mol. The highest BCUT2D eigenvalue weighted by molar-refractivity contribution is 6.18. The number of hydrogen-bond donors (Lipinski definition) is 3. The minimum atomic E-state index is -1.03. The van der Waals surface area contributed by atoms with E-state index >= 15 is 0 Å². The lowest BCUT2D eigenvalue weighted by molar-refractivity contribution is -0.136. The van der Waals surface area contributed by atoms with Crippen molar-refractivity contribution >= 4 is 39.9 Å². The predicted octanol–water partition coefficient (Wildman–Crippen LogP) is 3.16. The van der Waals surface area contributed by atoms with Crippen molar-refractivity contribution in [2.45, 2.75) is 13.0 Å². The highest BCUT2D eigenvalue weighted by Crippen LogP contribution is 2.41. The molecule has 2 heterocycles. The van der Waals surface area contributed by atoms with Crippen molar-refractivity contribution < 1.29 is 29.3 Å². The van der Waals surface area contributed by atoms with E-state index in [0.29, 0.717) is 57.5 Å². The molecule has 4 rings (SSSR count). The molecule has 3 N–H and O–H groups in total. The Bertz CT molecular complexity index is 1350. The number of fused-ring (bicyclic) bond motifs is 3. The lowest BCUT2D eigenvalue weighted by atomic mass is 10.0. The van der Waals surface area contributed by atoms with Gasteiger partial charge in [0.1, 0.15) is 17.2 Å². The first-order valence-corrected chi connectivity index (χ1v) is 9.72. The van der Waals surface area contributed by atoms with Crippen LogP contribution in [0.1, 0.15) is 11.1 Å². The number of carboxylic acids is 1. The first-order valence-electron chi connectivity index (χ1n) is 9.72. The van der Waals surface area contributed by atoms with E-state index in [4.69, 9.17) is 9.47 Å². The van der Waals surface area contributed by atoms with Crippen molar-refractivity contribution in [3.63, 3.8) is 0 Å². The Kier molecular flexibility index (Phi) is 5.55. The van der Waals surface area contributed by atoms with Crippen molar-refractivity contribution in [3.05, 3.63) is 53.9 Å². The Morgan fingerprint density at radius 1 is 1.09 bits per heavy atom. The highest BCUT2D eigenvalue weighted by atomic mass is 16.5. The van der Waals surface area contributed by atoms with E-state index in [-0.39, 0.29) is 12.2 Å². The van der Waals surface area contributed by atoms with Crippen LogP contribution in [0.4, 0.5) is 5.69 Å². The quantitative estimate of drug-likeness (QED) is 0.363. The van der Waals surface area contributed by atoms with E-state index in [9.17, 15) is 19.8 Å². The van der Waals surface area contributed by atoms with E-state index < -0.39 is 5.97 Å². The topological polar surface area (TPSA) is 123 Å². The first kappa shape index (κ1) is 21.0. The van der Waals surface area contributed by atoms with Gasteiger partial charge in [0, 0.05) is 10.9 Å². The molecule has 0 aliphatic carbocycles. The summed E-state index contributed by atoms with van der Waals surface area (Å²) in [6.07, 6.45) is 3.14. The summed E-state index contributed by atoms with van der Waals surface area (Å²) in [5.74, 6) is 0.205. The van der Waals surface area contributed by atoms with E-state index in [1.165, 1.54) is 6.20 Å². The molecule has 2 aromatic carbocycles. The van der Waals surface area contributed by atoms with Gasteiger partial charge < -0.3 is 29.6 Å². The molecule has 0 spiro atoms. The zero-order valence-corrected chi connectivity index (χ0v) is 17.5. The number of pyridine rings is 1. The molecule has 164 valence electrons. The minimum absolute atomic E-state index is 0.0784. The SMILES string of the molecule is COc1ccc(OC)c(Cn2c3cncc(O)c3c3c(NC=O)c(CC(=O)O)ccc32)c1. The van der Waals surface area contributed by atoms with Gasteiger partial charge in [-0.2, -0.15) is 0 Å². The van der Waals surface area contributed by atoms with Crippen LogP contribution in [0.5, 0.6) is 17.2 Å². The maximum Gasteiger partial charge on any atom is 0.307 e. The van der Waals surface area contributed by atoms with Gasteiger partial charge in [-0.05, 0) is 29.8 Å². The number of nitrogens with zero attached hydrogens (tertiary/aromatic N) is 2. The van der Waals surface area contributed by atoms with Crippen molar-refractivity contribution in [1.29, 1.82) is 0 Å². The highest BCUT2D eigenvalue weighted by Gasteiger charge is 2.21. The molecule has 0 radical (unpaired) electrons. The summed E-state index contributed by atoms with van der Waals surface area (Å²) < 4.78 is 12.8. The fourth-order valence-electron chi connectivity index (χ4n) is 4.02. The Balaban J connectivity index is 2.04. The van der Waals surface area contributed by atoms with E-state index in [1.54, 1.807) is 38.6 Å². The van der Waals surface area contributed by atoms with Crippen LogP contribution in [0, 0.1) is 0 Å². The standard InChI is InChI=1S/C23H21N3O6/c1-31-15-4-6-19(32-2)14(7-15)11-26-16-5-3-13(8-20(29)30)23(25-12-27)22(16)21-17(26)9-24-10-18(21)28/h3-7,9-10,12,28H,8,11H2,1-2H3,(H,25,27)(H,29,30). The second-order valence-corrected chi connectivity index (χ2v) is 7.14. The van der Waals surface area contributed by atoms with Gasteiger partial charge in [-0.1, -0.05) is 6.07 Å². The lowest BCUT2D eigenvalue weighted by Crippen LogP contribution is -2.06. The third-order valence-electron chi connectivity index (χ3n) is 5.37. The molecular weight excluding hydrogens is 414 g/mol. The summed E-state index contributed by atoms with van der Waals surface area (Å²) in [4.78, 5) is 26.8. The number of amides is 1. The number of ether oxygens (including phenoxy) is 2.